The summed E-state index contributed by atoms with van der Waals surface area (Å²) in [6.07, 6.45) is -0.367. The maximum Gasteiger partial charge on any atom is 0.408 e. The Morgan fingerprint density at radius 1 is 1.37 bits per heavy atom. The van der Waals surface area contributed by atoms with Crippen molar-refractivity contribution >= 4 is 24.1 Å². The number of nitrogens with zero attached hydrogens (tertiary/aromatic N) is 1. The van der Waals surface area contributed by atoms with Gasteiger partial charge in [-0.25, -0.2) is 4.79 Å². The van der Waals surface area contributed by atoms with Crippen LogP contribution in [0.1, 0.15) is 20.8 Å². The van der Waals surface area contributed by atoms with Gasteiger partial charge in [-0.3, -0.25) is 4.90 Å². The number of amides is 1. The summed E-state index contributed by atoms with van der Waals surface area (Å²) in [7, 11) is 0. The number of carbonyl (C=O) groups is 2. The quantitative estimate of drug-likeness (QED) is 0.665. The Balaban J connectivity index is 2.76. The summed E-state index contributed by atoms with van der Waals surface area (Å²) in [4.78, 5) is 24.7. The van der Waals surface area contributed by atoms with E-state index in [9.17, 15) is 14.7 Å². The van der Waals surface area contributed by atoms with Crippen LogP contribution < -0.4 is 0 Å². The highest BCUT2D eigenvalue weighted by Crippen LogP contribution is 2.23. The van der Waals surface area contributed by atoms with E-state index < -0.39 is 17.7 Å². The molecule has 0 bridgehead atoms. The minimum absolute atomic E-state index is 0.414. The minimum Gasteiger partial charge on any atom is -0.465 e. The first-order valence-corrected chi connectivity index (χ1v) is 7.00. The molecule has 0 heterocycles. The van der Waals surface area contributed by atoms with Gasteiger partial charge >= 0.3 is 6.09 Å². The first-order valence-electron chi connectivity index (χ1n) is 6.01. The lowest BCUT2D eigenvalue weighted by molar-refractivity contribution is -0.112. The van der Waals surface area contributed by atoms with Crippen LogP contribution in [-0.4, -0.2) is 39.7 Å². The zero-order valence-corrected chi connectivity index (χ0v) is 12.2. The molecule has 0 spiro atoms. The van der Waals surface area contributed by atoms with Crippen molar-refractivity contribution in [3.8, 4) is 0 Å². The zero-order chi connectivity index (χ0) is 14.5. The first-order chi connectivity index (χ1) is 8.86. The Hall–Kier alpha value is -1.49. The SMILES string of the molecule is CC(C)(C)N(C(=O)O)[C@H](C=O)CSc1ccccc1. The van der Waals surface area contributed by atoms with Gasteiger partial charge in [0.25, 0.3) is 0 Å². The molecule has 0 aliphatic heterocycles. The molecule has 0 aromatic heterocycles. The van der Waals surface area contributed by atoms with Crippen LogP contribution in [0.3, 0.4) is 0 Å². The predicted molar refractivity (Wildman–Crippen MR) is 76.6 cm³/mol. The molecular formula is C14H19NO3S. The molecular weight excluding hydrogens is 262 g/mol. The zero-order valence-electron chi connectivity index (χ0n) is 11.4. The van der Waals surface area contributed by atoms with Crippen molar-refractivity contribution in [1.29, 1.82) is 0 Å². The van der Waals surface area contributed by atoms with E-state index in [0.29, 0.717) is 12.0 Å². The van der Waals surface area contributed by atoms with Gasteiger partial charge in [-0.05, 0) is 32.9 Å². The predicted octanol–water partition coefficient (Wildman–Crippen LogP) is 3.12. The van der Waals surface area contributed by atoms with E-state index in [-0.39, 0.29) is 0 Å². The summed E-state index contributed by atoms with van der Waals surface area (Å²) in [5, 5.41) is 9.27. The van der Waals surface area contributed by atoms with E-state index in [4.69, 9.17) is 0 Å². The Labute approximate surface area is 117 Å². The minimum atomic E-state index is -1.07. The highest BCUT2D eigenvalue weighted by molar-refractivity contribution is 7.99. The van der Waals surface area contributed by atoms with Crippen LogP contribution in [0.25, 0.3) is 0 Å². The molecule has 1 N–H and O–H groups in total. The van der Waals surface area contributed by atoms with Crippen molar-refractivity contribution in [2.75, 3.05) is 5.75 Å². The summed E-state index contributed by atoms with van der Waals surface area (Å²) in [6.45, 7) is 5.35. The van der Waals surface area contributed by atoms with Crippen molar-refractivity contribution < 1.29 is 14.7 Å². The molecule has 0 fully saturated rings. The van der Waals surface area contributed by atoms with Gasteiger partial charge in [0.2, 0.25) is 0 Å². The average molecular weight is 281 g/mol. The van der Waals surface area contributed by atoms with Crippen LogP contribution in [0.5, 0.6) is 0 Å². The molecule has 4 nitrogen and oxygen atoms in total. The van der Waals surface area contributed by atoms with E-state index in [1.54, 1.807) is 20.8 Å². The summed E-state index contributed by atoms with van der Waals surface area (Å²) < 4.78 is 0. The van der Waals surface area contributed by atoms with Crippen LogP contribution in [-0.2, 0) is 4.79 Å². The van der Waals surface area contributed by atoms with E-state index in [2.05, 4.69) is 0 Å². The van der Waals surface area contributed by atoms with E-state index >= 15 is 0 Å². The standard InChI is InChI=1S/C14H19NO3S/c1-14(2,3)15(13(17)18)11(9-16)10-19-12-7-5-4-6-8-12/h4-9,11H,10H2,1-3H3,(H,17,18)/t11-/m1/s1. The van der Waals surface area contributed by atoms with Gasteiger partial charge < -0.3 is 9.90 Å². The second-order valence-electron chi connectivity index (χ2n) is 5.15. The molecule has 0 saturated heterocycles. The lowest BCUT2D eigenvalue weighted by atomic mass is 10.0. The van der Waals surface area contributed by atoms with Gasteiger partial charge in [-0.2, -0.15) is 0 Å². The number of aldehydes is 1. The summed E-state index contributed by atoms with van der Waals surface area (Å²) >= 11 is 1.48. The van der Waals surface area contributed by atoms with Gasteiger partial charge in [-0.15, -0.1) is 11.8 Å². The average Bonchev–Trinajstić information content (AvgIpc) is 2.33. The fraction of sp³-hybridized carbons (Fsp3) is 0.429. The number of hydrogen-bond donors (Lipinski definition) is 1. The lowest BCUT2D eigenvalue weighted by Crippen LogP contribution is -2.52. The highest BCUT2D eigenvalue weighted by atomic mass is 32.2. The van der Waals surface area contributed by atoms with Crippen LogP contribution >= 0.6 is 11.8 Å². The Bertz CT molecular complexity index is 428. The monoisotopic (exact) mass is 281 g/mol. The van der Waals surface area contributed by atoms with Crippen molar-refractivity contribution in [2.45, 2.75) is 37.2 Å². The topological polar surface area (TPSA) is 57.6 Å². The van der Waals surface area contributed by atoms with Crippen LogP contribution in [0.15, 0.2) is 35.2 Å². The summed E-state index contributed by atoms with van der Waals surface area (Å²) in [5.41, 5.74) is -0.603. The Morgan fingerprint density at radius 3 is 2.37 bits per heavy atom. The number of carboxylic acid groups (broad SMARTS) is 1. The van der Waals surface area contributed by atoms with Gasteiger partial charge in [0.15, 0.2) is 0 Å². The Morgan fingerprint density at radius 2 is 1.95 bits per heavy atom. The molecule has 0 aliphatic rings. The van der Waals surface area contributed by atoms with E-state index in [1.807, 2.05) is 30.3 Å². The van der Waals surface area contributed by atoms with Crippen LogP contribution in [0.2, 0.25) is 0 Å². The molecule has 0 aliphatic carbocycles. The molecule has 1 atom stereocenters. The van der Waals surface area contributed by atoms with Gasteiger partial charge in [0.05, 0.1) is 0 Å². The fourth-order valence-electron chi connectivity index (χ4n) is 1.80. The van der Waals surface area contributed by atoms with Crippen LogP contribution in [0.4, 0.5) is 4.79 Å². The fourth-order valence-corrected chi connectivity index (χ4v) is 2.74. The molecule has 1 amide bonds. The second kappa shape index (κ2) is 6.61. The molecule has 0 radical (unpaired) electrons. The molecule has 104 valence electrons. The van der Waals surface area contributed by atoms with Crippen molar-refractivity contribution in [2.24, 2.45) is 0 Å². The smallest absolute Gasteiger partial charge is 0.408 e. The number of hydrogen-bond acceptors (Lipinski definition) is 3. The van der Waals surface area contributed by atoms with Crippen molar-refractivity contribution in [3.05, 3.63) is 30.3 Å². The number of thioether (sulfide) groups is 1. The maximum absolute atomic E-state index is 11.3. The van der Waals surface area contributed by atoms with Crippen molar-refractivity contribution in [1.82, 2.24) is 4.90 Å². The molecule has 0 saturated carbocycles. The number of benzene rings is 1. The third-order valence-corrected chi connectivity index (χ3v) is 3.70. The summed E-state index contributed by atoms with van der Waals surface area (Å²) in [6, 6.07) is 8.97. The number of carbonyl (C=O) groups excluding carboxylic acids is 1. The van der Waals surface area contributed by atoms with E-state index in [0.717, 1.165) is 4.90 Å². The van der Waals surface area contributed by atoms with Crippen LogP contribution in [0, 0.1) is 0 Å². The number of rotatable bonds is 5. The molecule has 1 aromatic rings. The summed E-state index contributed by atoms with van der Waals surface area (Å²) in [5.74, 6) is 0.414. The lowest BCUT2D eigenvalue weighted by Gasteiger charge is -2.37. The van der Waals surface area contributed by atoms with Crippen molar-refractivity contribution in [3.63, 3.8) is 0 Å². The largest absolute Gasteiger partial charge is 0.465 e. The van der Waals surface area contributed by atoms with Gasteiger partial charge in [0.1, 0.15) is 12.3 Å². The van der Waals surface area contributed by atoms with E-state index in [1.165, 1.54) is 16.7 Å². The van der Waals surface area contributed by atoms with Gasteiger partial charge in [-0.1, -0.05) is 18.2 Å². The first kappa shape index (κ1) is 15.6. The molecule has 5 heteroatoms. The third kappa shape index (κ3) is 4.59. The normalized spacial score (nSPS) is 12.8. The third-order valence-electron chi connectivity index (χ3n) is 2.58. The van der Waals surface area contributed by atoms with Gasteiger partial charge in [0, 0.05) is 16.2 Å². The molecule has 19 heavy (non-hydrogen) atoms. The highest BCUT2D eigenvalue weighted by Gasteiger charge is 2.32. The maximum atomic E-state index is 11.3. The molecule has 0 unspecified atom stereocenters. The Kier molecular flexibility index (Phi) is 5.42. The molecule has 1 aromatic carbocycles. The molecule has 1 rings (SSSR count). The second-order valence-corrected chi connectivity index (χ2v) is 6.24.